The van der Waals surface area contributed by atoms with E-state index < -0.39 is 51.9 Å². The zero-order valence-electron chi connectivity index (χ0n) is 24.5. The second-order valence-electron chi connectivity index (χ2n) is 14.2. The van der Waals surface area contributed by atoms with E-state index in [0.717, 1.165) is 12.8 Å². The second-order valence-corrected chi connectivity index (χ2v) is 15.2. The third-order valence-electron chi connectivity index (χ3n) is 12.1. The van der Waals surface area contributed by atoms with Crippen LogP contribution >= 0.6 is 0 Å². The van der Waals surface area contributed by atoms with Crippen LogP contribution in [0.4, 0.5) is 0 Å². The predicted octanol–water partition coefficient (Wildman–Crippen LogP) is -0.653. The fraction of sp³-hybridized carbons (Fsp3) is 1.00. The summed E-state index contributed by atoms with van der Waals surface area (Å²) in [6.45, 7) is 9.39. The van der Waals surface area contributed by atoms with Gasteiger partial charge in [-0.2, -0.15) is 0 Å². The largest absolute Gasteiger partial charge is 1.00 e. The summed E-state index contributed by atoms with van der Waals surface area (Å²) in [5.41, 5.74) is -3.48. The molecule has 0 bridgehead atoms. The molecule has 4 rings (SSSR count). The van der Waals surface area contributed by atoms with E-state index in [-0.39, 0.29) is 83.3 Å². The minimum atomic E-state index is -4.91. The maximum Gasteiger partial charge on any atom is 1.00 e. The minimum absolute atomic E-state index is 0. The average Bonchev–Trinajstić information content (AvgIpc) is 3.08. The molecule has 4 aliphatic carbocycles. The molecule has 0 amide bonds. The van der Waals surface area contributed by atoms with Crippen LogP contribution in [0.2, 0.25) is 0 Å². The van der Waals surface area contributed by atoms with Crippen molar-refractivity contribution in [2.75, 3.05) is 6.61 Å². The first-order valence-corrected chi connectivity index (χ1v) is 15.8. The van der Waals surface area contributed by atoms with Crippen LogP contribution in [0.15, 0.2) is 0 Å². The number of hydrogen-bond acceptors (Lipinski definition) is 9. The van der Waals surface area contributed by atoms with Gasteiger partial charge < -0.3 is 30.1 Å². The summed E-state index contributed by atoms with van der Waals surface area (Å²) in [5, 5.41) is 55.8. The molecule has 12 atom stereocenters. The van der Waals surface area contributed by atoms with Crippen molar-refractivity contribution in [3.63, 3.8) is 0 Å². The molecule has 4 fully saturated rings. The Morgan fingerprint density at radius 1 is 1.08 bits per heavy atom. The molecule has 0 aromatic heterocycles. The van der Waals surface area contributed by atoms with Gasteiger partial charge in [-0.15, -0.1) is 0 Å². The Morgan fingerprint density at radius 2 is 1.72 bits per heavy atom. The first-order chi connectivity index (χ1) is 17.4. The van der Waals surface area contributed by atoms with Crippen molar-refractivity contribution >= 4 is 10.4 Å². The van der Waals surface area contributed by atoms with Crippen molar-refractivity contribution in [1.29, 1.82) is 0 Å². The molecule has 0 radical (unpaired) electrons. The van der Waals surface area contributed by atoms with Crippen LogP contribution in [-0.4, -0.2) is 74.6 Å². The van der Waals surface area contributed by atoms with E-state index >= 15 is 0 Å². The van der Waals surface area contributed by atoms with Crippen LogP contribution in [0, 0.1) is 46.3 Å². The van der Waals surface area contributed by atoms with Gasteiger partial charge in [-0.1, -0.05) is 34.6 Å². The van der Waals surface area contributed by atoms with Crippen molar-refractivity contribution in [2.24, 2.45) is 46.3 Å². The molecule has 0 aliphatic heterocycles. The third-order valence-corrected chi connectivity index (χ3v) is 12.5. The third kappa shape index (κ3) is 5.93. The topological polar surface area (TPSA) is 168 Å². The normalized spacial score (nSPS) is 46.4. The second kappa shape index (κ2) is 11.6. The van der Waals surface area contributed by atoms with E-state index in [1.165, 1.54) is 0 Å². The Balaban J connectivity index is 0.00000420. The van der Waals surface area contributed by atoms with Crippen molar-refractivity contribution < 1.29 is 72.2 Å². The molecule has 0 aromatic rings. The maximum absolute atomic E-state index is 11.7. The first-order valence-electron chi connectivity index (χ1n) is 14.5. The Hall–Kier alpha value is 0.670. The molecule has 4 aliphatic rings. The molecular formula is C28H49NaO9S. The summed E-state index contributed by atoms with van der Waals surface area (Å²) in [5.74, 6) is 0.178. The van der Waals surface area contributed by atoms with Gasteiger partial charge in [-0.3, -0.25) is 4.18 Å². The SMILES string of the molecule is CC(C)[C@](O)(CC[C@@H](C)[C@H]1C[C@H](O)C2C3C[C@@H](O)[C@@]4(O)C[C@@H](O)CC[C@]4(C)C3CC[C@@]21C)COS(=O)(=O)[O-].[Na+]. The average molecular weight is 585 g/mol. The number of rotatable bonds is 8. The van der Waals surface area contributed by atoms with E-state index in [2.05, 4.69) is 25.0 Å². The molecule has 0 saturated heterocycles. The van der Waals surface area contributed by atoms with Gasteiger partial charge in [0, 0.05) is 11.8 Å². The van der Waals surface area contributed by atoms with Gasteiger partial charge in [0.2, 0.25) is 10.4 Å². The molecule has 11 heteroatoms. The summed E-state index contributed by atoms with van der Waals surface area (Å²) < 4.78 is 37.5. The summed E-state index contributed by atoms with van der Waals surface area (Å²) in [4.78, 5) is 0. The molecule has 0 aromatic carbocycles. The van der Waals surface area contributed by atoms with Gasteiger partial charge in [-0.25, -0.2) is 8.42 Å². The Labute approximate surface area is 256 Å². The molecule has 4 saturated carbocycles. The van der Waals surface area contributed by atoms with Gasteiger partial charge in [-0.05, 0) is 92.3 Å². The van der Waals surface area contributed by atoms with Crippen molar-refractivity contribution in [3.05, 3.63) is 0 Å². The molecular weight excluding hydrogens is 535 g/mol. The number of fused-ring (bicyclic) bond motifs is 5. The van der Waals surface area contributed by atoms with E-state index in [1.807, 2.05) is 0 Å². The van der Waals surface area contributed by atoms with Crippen LogP contribution in [-0.2, 0) is 14.6 Å². The van der Waals surface area contributed by atoms with Crippen LogP contribution < -0.4 is 29.6 Å². The van der Waals surface area contributed by atoms with E-state index in [0.29, 0.717) is 32.1 Å². The molecule has 0 heterocycles. The Bertz CT molecular complexity index is 980. The van der Waals surface area contributed by atoms with Crippen molar-refractivity contribution in [2.45, 2.75) is 122 Å². The Morgan fingerprint density at radius 3 is 2.31 bits per heavy atom. The van der Waals surface area contributed by atoms with Crippen molar-refractivity contribution in [3.8, 4) is 0 Å². The van der Waals surface area contributed by atoms with Crippen LogP contribution in [0.3, 0.4) is 0 Å². The van der Waals surface area contributed by atoms with Gasteiger partial charge in [0.15, 0.2) is 0 Å². The number of hydrogen-bond donors (Lipinski definition) is 5. The monoisotopic (exact) mass is 584 g/mol. The molecule has 222 valence electrons. The molecule has 0 spiro atoms. The number of aliphatic hydroxyl groups excluding tert-OH is 3. The van der Waals surface area contributed by atoms with Crippen LogP contribution in [0.5, 0.6) is 0 Å². The molecule has 5 N–H and O–H groups in total. The maximum atomic E-state index is 11.7. The summed E-state index contributed by atoms with van der Waals surface area (Å²) in [6.07, 6.45) is 3.02. The summed E-state index contributed by atoms with van der Waals surface area (Å²) in [7, 11) is -4.91. The van der Waals surface area contributed by atoms with E-state index in [1.54, 1.807) is 13.8 Å². The number of aliphatic hydroxyl groups is 5. The first kappa shape index (κ1) is 34.2. The van der Waals surface area contributed by atoms with Gasteiger partial charge >= 0.3 is 29.6 Å². The fourth-order valence-corrected chi connectivity index (χ4v) is 9.99. The van der Waals surface area contributed by atoms with E-state index in [4.69, 9.17) is 0 Å². The minimum Gasteiger partial charge on any atom is -0.726 e. The Kier molecular flexibility index (Phi) is 10.2. The van der Waals surface area contributed by atoms with E-state index in [9.17, 15) is 38.5 Å². The summed E-state index contributed by atoms with van der Waals surface area (Å²) in [6, 6.07) is 0. The van der Waals surface area contributed by atoms with Gasteiger partial charge in [0.1, 0.15) is 0 Å². The predicted molar refractivity (Wildman–Crippen MR) is 139 cm³/mol. The van der Waals surface area contributed by atoms with Gasteiger partial charge in [0.05, 0.1) is 36.1 Å². The standard InChI is InChI=1S/C28H50O9S.Na/c1-16(2)27(32,15-37-38(34,35)36)11-6-17(3)21-13-22(30)24-19-12-23(31)28(33)14-18(29)7-10-26(28,5)20(19)8-9-25(21,24)4;/h16-24,29-33H,6-15H2,1-5H3,(H,34,35,36);/q;+1/p-1/t17-,18+,19?,20?,21-,22+,23-,24?,25-,26-,27+,28+;/m1./s1. The molecule has 9 nitrogen and oxygen atoms in total. The zero-order valence-corrected chi connectivity index (χ0v) is 27.4. The fourth-order valence-electron chi connectivity index (χ4n) is 9.64. The molecule has 39 heavy (non-hydrogen) atoms. The smallest absolute Gasteiger partial charge is 0.726 e. The quantitative estimate of drug-likeness (QED) is 0.141. The van der Waals surface area contributed by atoms with Gasteiger partial charge in [0.25, 0.3) is 0 Å². The van der Waals surface area contributed by atoms with Crippen LogP contribution in [0.1, 0.15) is 92.4 Å². The zero-order chi connectivity index (χ0) is 28.5. The van der Waals surface area contributed by atoms with Crippen molar-refractivity contribution in [1.82, 2.24) is 0 Å². The molecule has 3 unspecified atom stereocenters. The van der Waals surface area contributed by atoms with Crippen LogP contribution in [0.25, 0.3) is 0 Å². The summed E-state index contributed by atoms with van der Waals surface area (Å²) >= 11 is 0.